The van der Waals surface area contributed by atoms with Crippen LogP contribution in [-0.2, 0) is 0 Å². The average molecular weight is 366 g/mol. The molecule has 0 bridgehead atoms. The van der Waals surface area contributed by atoms with Crippen molar-refractivity contribution in [2.45, 2.75) is 0 Å². The number of hydrazone groups is 1. The van der Waals surface area contributed by atoms with E-state index < -0.39 is 5.91 Å². The molecule has 0 atom stereocenters. The van der Waals surface area contributed by atoms with Gasteiger partial charge in [0.15, 0.2) is 0 Å². The van der Waals surface area contributed by atoms with E-state index in [0.717, 1.165) is 0 Å². The zero-order chi connectivity index (χ0) is 19.2. The van der Waals surface area contributed by atoms with Crippen LogP contribution in [0.3, 0.4) is 0 Å². The second-order valence-electron chi connectivity index (χ2n) is 5.53. The van der Waals surface area contributed by atoms with E-state index in [9.17, 15) is 9.90 Å². The lowest BCUT2D eigenvalue weighted by Gasteiger charge is -2.08. The molecule has 0 saturated carbocycles. The van der Waals surface area contributed by atoms with Crippen molar-refractivity contribution in [3.05, 3.63) is 59.8 Å². The van der Waals surface area contributed by atoms with Gasteiger partial charge in [0.05, 0.1) is 26.1 Å². The lowest BCUT2D eigenvalue weighted by Crippen LogP contribution is -2.17. The lowest BCUT2D eigenvalue weighted by atomic mass is 10.1. The van der Waals surface area contributed by atoms with Crippen molar-refractivity contribution in [2.24, 2.45) is 5.10 Å². The molecule has 3 aromatic rings. The smallest absolute Gasteiger partial charge is 0.289 e. The molecule has 3 N–H and O–H groups in total. The normalized spacial score (nSPS) is 10.7. The Hall–Kier alpha value is -3.81. The van der Waals surface area contributed by atoms with Crippen molar-refractivity contribution in [1.29, 1.82) is 0 Å². The van der Waals surface area contributed by atoms with Crippen molar-refractivity contribution in [2.75, 3.05) is 14.2 Å². The molecule has 0 aliphatic rings. The van der Waals surface area contributed by atoms with Crippen molar-refractivity contribution in [3.8, 4) is 28.5 Å². The summed E-state index contributed by atoms with van der Waals surface area (Å²) in [6.45, 7) is 0. The number of hydrogen-bond acceptors (Lipinski definition) is 6. The summed E-state index contributed by atoms with van der Waals surface area (Å²) in [4.78, 5) is 12.2. The summed E-state index contributed by atoms with van der Waals surface area (Å²) >= 11 is 0. The molecule has 2 aromatic carbocycles. The van der Waals surface area contributed by atoms with Crippen molar-refractivity contribution < 1.29 is 19.4 Å². The minimum Gasteiger partial charge on any atom is -0.508 e. The minimum absolute atomic E-state index is 0.121. The predicted molar refractivity (Wildman–Crippen MR) is 100 cm³/mol. The van der Waals surface area contributed by atoms with Gasteiger partial charge in [0.2, 0.25) is 0 Å². The summed E-state index contributed by atoms with van der Waals surface area (Å²) < 4.78 is 10.6. The Morgan fingerprint density at radius 1 is 1.19 bits per heavy atom. The number of H-pyrrole nitrogens is 1. The molecule has 0 aliphatic carbocycles. The third kappa shape index (κ3) is 4.24. The standard InChI is InChI=1S/C19H18N4O4/c1-26-14-6-7-18(27-2)15(9-14)16-10-17(22-21-16)19(25)23-20-11-12-4-3-5-13(24)8-12/h3-11,24H,1-2H3,(H,21,22)(H,23,25)/b20-11+. The first kappa shape index (κ1) is 18.0. The SMILES string of the molecule is COc1ccc(OC)c(-c2cc(C(=O)N/N=C/c3cccc(O)c3)[nH]n2)c1. The molecule has 1 aromatic heterocycles. The first-order valence-corrected chi connectivity index (χ1v) is 8.01. The third-order valence-corrected chi connectivity index (χ3v) is 3.76. The van der Waals surface area contributed by atoms with Crippen LogP contribution in [0.2, 0.25) is 0 Å². The van der Waals surface area contributed by atoms with Crippen LogP contribution in [0.15, 0.2) is 53.6 Å². The molecule has 8 heteroatoms. The molecule has 8 nitrogen and oxygen atoms in total. The van der Waals surface area contributed by atoms with Crippen LogP contribution in [-0.4, -0.2) is 41.6 Å². The molecular formula is C19H18N4O4. The highest BCUT2D eigenvalue weighted by Crippen LogP contribution is 2.32. The molecule has 0 fully saturated rings. The van der Waals surface area contributed by atoms with E-state index in [4.69, 9.17) is 9.47 Å². The van der Waals surface area contributed by atoms with E-state index in [1.54, 1.807) is 56.7 Å². The van der Waals surface area contributed by atoms with E-state index >= 15 is 0 Å². The van der Waals surface area contributed by atoms with Crippen molar-refractivity contribution in [1.82, 2.24) is 15.6 Å². The van der Waals surface area contributed by atoms with Gasteiger partial charge in [0.1, 0.15) is 22.9 Å². The fourth-order valence-electron chi connectivity index (χ4n) is 2.42. The number of amides is 1. The van der Waals surface area contributed by atoms with Gasteiger partial charge in [0, 0.05) is 5.56 Å². The van der Waals surface area contributed by atoms with Gasteiger partial charge in [0.25, 0.3) is 5.91 Å². The maximum Gasteiger partial charge on any atom is 0.289 e. The van der Waals surface area contributed by atoms with E-state index in [1.165, 1.54) is 12.3 Å². The first-order chi connectivity index (χ1) is 13.1. The number of methoxy groups -OCH3 is 2. The Morgan fingerprint density at radius 3 is 2.78 bits per heavy atom. The molecule has 138 valence electrons. The fraction of sp³-hybridized carbons (Fsp3) is 0.105. The first-order valence-electron chi connectivity index (χ1n) is 8.01. The Balaban J connectivity index is 1.74. The fourth-order valence-corrected chi connectivity index (χ4v) is 2.42. The van der Waals surface area contributed by atoms with E-state index in [0.29, 0.717) is 28.3 Å². The Bertz CT molecular complexity index is 981. The molecule has 0 aliphatic heterocycles. The number of rotatable bonds is 6. The summed E-state index contributed by atoms with van der Waals surface area (Å²) in [6, 6.07) is 13.4. The molecule has 0 radical (unpaired) electrons. The summed E-state index contributed by atoms with van der Waals surface area (Å²) in [5.74, 6) is 0.925. The summed E-state index contributed by atoms with van der Waals surface area (Å²) in [5, 5.41) is 20.1. The Kier molecular flexibility index (Phi) is 5.36. The Morgan fingerprint density at radius 2 is 2.04 bits per heavy atom. The molecule has 27 heavy (non-hydrogen) atoms. The number of phenolic OH excluding ortho intramolecular Hbond substituents is 1. The number of nitrogens with one attached hydrogen (secondary N) is 2. The highest BCUT2D eigenvalue weighted by atomic mass is 16.5. The zero-order valence-corrected chi connectivity index (χ0v) is 14.8. The molecule has 1 heterocycles. The van der Waals surface area contributed by atoms with E-state index in [-0.39, 0.29) is 11.4 Å². The highest BCUT2D eigenvalue weighted by Gasteiger charge is 2.14. The van der Waals surface area contributed by atoms with Gasteiger partial charge in [-0.1, -0.05) is 12.1 Å². The Labute approximate surface area is 155 Å². The van der Waals surface area contributed by atoms with Crippen molar-refractivity contribution >= 4 is 12.1 Å². The van der Waals surface area contributed by atoms with Crippen LogP contribution in [0.5, 0.6) is 17.2 Å². The summed E-state index contributed by atoms with van der Waals surface area (Å²) in [6.07, 6.45) is 1.43. The number of carbonyl (C=O) groups is 1. The van der Waals surface area contributed by atoms with Gasteiger partial charge in [-0.3, -0.25) is 9.89 Å². The predicted octanol–water partition coefficient (Wildman–Crippen LogP) is 2.56. The number of carbonyl (C=O) groups excluding carboxylic acids is 1. The quantitative estimate of drug-likeness (QED) is 0.459. The lowest BCUT2D eigenvalue weighted by molar-refractivity contribution is 0.0950. The zero-order valence-electron chi connectivity index (χ0n) is 14.8. The highest BCUT2D eigenvalue weighted by molar-refractivity contribution is 5.94. The van der Waals surface area contributed by atoms with Crippen molar-refractivity contribution in [3.63, 3.8) is 0 Å². The number of ether oxygens (including phenoxy) is 2. The molecule has 0 spiro atoms. The van der Waals surface area contributed by atoms with Gasteiger partial charge < -0.3 is 14.6 Å². The molecule has 1 amide bonds. The number of benzene rings is 2. The molecule has 3 rings (SSSR count). The number of phenols is 1. The van der Waals surface area contributed by atoms with E-state index in [1.807, 2.05) is 0 Å². The van der Waals surface area contributed by atoms with Gasteiger partial charge in [-0.2, -0.15) is 10.2 Å². The summed E-state index contributed by atoms with van der Waals surface area (Å²) in [5.41, 5.74) is 4.52. The largest absolute Gasteiger partial charge is 0.508 e. The van der Waals surface area contributed by atoms with Crippen LogP contribution in [0.1, 0.15) is 16.1 Å². The monoisotopic (exact) mass is 366 g/mol. The van der Waals surface area contributed by atoms with Crippen LogP contribution < -0.4 is 14.9 Å². The number of aromatic hydroxyl groups is 1. The second kappa shape index (κ2) is 8.05. The third-order valence-electron chi connectivity index (χ3n) is 3.76. The minimum atomic E-state index is -0.452. The van der Waals surface area contributed by atoms with Crippen LogP contribution in [0.4, 0.5) is 0 Å². The number of hydrogen-bond donors (Lipinski definition) is 3. The van der Waals surface area contributed by atoms with Gasteiger partial charge in [-0.05, 0) is 42.0 Å². The van der Waals surface area contributed by atoms with Crippen LogP contribution in [0.25, 0.3) is 11.3 Å². The molecule has 0 saturated heterocycles. The molecule has 0 unspecified atom stereocenters. The maximum absolute atomic E-state index is 12.2. The van der Waals surface area contributed by atoms with E-state index in [2.05, 4.69) is 20.7 Å². The van der Waals surface area contributed by atoms with Crippen LogP contribution >= 0.6 is 0 Å². The van der Waals surface area contributed by atoms with Gasteiger partial charge in [-0.15, -0.1) is 0 Å². The van der Waals surface area contributed by atoms with Crippen LogP contribution in [0, 0.1) is 0 Å². The number of aromatic amines is 1. The second-order valence-corrected chi connectivity index (χ2v) is 5.53. The van der Waals surface area contributed by atoms with Gasteiger partial charge in [-0.25, -0.2) is 5.43 Å². The maximum atomic E-state index is 12.2. The van der Waals surface area contributed by atoms with Gasteiger partial charge >= 0.3 is 0 Å². The number of nitrogens with zero attached hydrogens (tertiary/aromatic N) is 2. The summed E-state index contributed by atoms with van der Waals surface area (Å²) in [7, 11) is 3.13. The average Bonchev–Trinajstić information content (AvgIpc) is 3.17. The number of aromatic nitrogens is 2. The topological polar surface area (TPSA) is 109 Å². The molecular weight excluding hydrogens is 348 g/mol.